The van der Waals surface area contributed by atoms with Gasteiger partial charge in [0, 0.05) is 0 Å². The third-order valence-corrected chi connectivity index (χ3v) is 1.52. The lowest BCUT2D eigenvalue weighted by Crippen LogP contribution is -1.94. The summed E-state index contributed by atoms with van der Waals surface area (Å²) < 4.78 is 5.01. The third kappa shape index (κ3) is 1.64. The van der Waals surface area contributed by atoms with Crippen LogP contribution in [-0.4, -0.2) is 16.8 Å². The number of nitrogens with zero attached hydrogens (tertiary/aromatic N) is 1. The first-order valence-electron chi connectivity index (χ1n) is 3.78. The molecule has 0 bridgehead atoms. The van der Waals surface area contributed by atoms with Gasteiger partial charge in [-0.2, -0.15) is 5.26 Å². The second kappa shape index (κ2) is 3.68. The van der Waals surface area contributed by atoms with Crippen molar-refractivity contribution in [2.45, 2.75) is 6.92 Å². The van der Waals surface area contributed by atoms with Crippen molar-refractivity contribution in [1.82, 2.24) is 0 Å². The van der Waals surface area contributed by atoms with Crippen LogP contribution < -0.4 is 4.74 Å². The Kier molecular flexibility index (Phi) is 2.60. The van der Waals surface area contributed by atoms with Crippen LogP contribution in [0, 0.1) is 11.3 Å². The van der Waals surface area contributed by atoms with Crippen LogP contribution >= 0.6 is 0 Å². The first-order chi connectivity index (χ1) is 6.20. The maximum absolute atomic E-state index is 9.31. The van der Waals surface area contributed by atoms with Crippen LogP contribution in [0.1, 0.15) is 12.5 Å². The molecule has 1 aromatic rings. The number of hydrogen-bond acceptors (Lipinski definition) is 4. The lowest BCUT2D eigenvalue weighted by molar-refractivity contribution is 0.308. The molecule has 0 saturated carbocycles. The summed E-state index contributed by atoms with van der Waals surface area (Å²) in [4.78, 5) is 0. The number of phenols is 2. The van der Waals surface area contributed by atoms with Gasteiger partial charge in [-0.05, 0) is 19.1 Å². The zero-order valence-electron chi connectivity index (χ0n) is 7.11. The zero-order valence-corrected chi connectivity index (χ0v) is 7.11. The molecular weight excluding hydrogens is 170 g/mol. The maximum Gasteiger partial charge on any atom is 0.201 e. The lowest BCUT2D eigenvalue weighted by Gasteiger charge is -2.07. The van der Waals surface area contributed by atoms with Crippen LogP contribution in [0.25, 0.3) is 0 Å². The van der Waals surface area contributed by atoms with Crippen LogP contribution in [0.15, 0.2) is 12.1 Å². The van der Waals surface area contributed by atoms with Crippen molar-refractivity contribution < 1.29 is 14.9 Å². The Hall–Kier alpha value is -1.89. The summed E-state index contributed by atoms with van der Waals surface area (Å²) in [6, 6.07) is 4.49. The minimum atomic E-state index is -0.388. The van der Waals surface area contributed by atoms with E-state index in [4.69, 9.17) is 15.1 Å². The van der Waals surface area contributed by atoms with Gasteiger partial charge in [0.25, 0.3) is 0 Å². The Balaban J connectivity index is 3.26. The molecule has 68 valence electrons. The lowest BCUT2D eigenvalue weighted by atomic mass is 10.2. The Morgan fingerprint density at radius 1 is 1.46 bits per heavy atom. The Bertz CT molecular complexity index is 355. The van der Waals surface area contributed by atoms with Gasteiger partial charge in [0.1, 0.15) is 6.07 Å². The number of aromatic hydroxyl groups is 2. The van der Waals surface area contributed by atoms with Gasteiger partial charge in [0.2, 0.25) is 5.75 Å². The molecule has 0 aliphatic heterocycles. The number of phenolic OH excluding ortho intramolecular Hbond substituents is 2. The van der Waals surface area contributed by atoms with E-state index in [0.29, 0.717) is 6.61 Å². The van der Waals surface area contributed by atoms with Gasteiger partial charge in [-0.25, -0.2) is 0 Å². The topological polar surface area (TPSA) is 73.5 Å². The Labute approximate surface area is 75.6 Å². The highest BCUT2D eigenvalue weighted by Crippen LogP contribution is 2.37. The summed E-state index contributed by atoms with van der Waals surface area (Å²) in [5, 5.41) is 27.1. The molecule has 4 heteroatoms. The number of hydrogen-bond donors (Lipinski definition) is 2. The van der Waals surface area contributed by atoms with Gasteiger partial charge in [-0.3, -0.25) is 0 Å². The molecule has 0 atom stereocenters. The van der Waals surface area contributed by atoms with E-state index >= 15 is 0 Å². The fourth-order valence-electron chi connectivity index (χ4n) is 0.939. The van der Waals surface area contributed by atoms with Gasteiger partial charge >= 0.3 is 0 Å². The molecule has 0 aliphatic rings. The molecule has 2 N–H and O–H groups in total. The van der Waals surface area contributed by atoms with E-state index in [1.54, 1.807) is 6.92 Å². The van der Waals surface area contributed by atoms with Crippen LogP contribution in [0.4, 0.5) is 0 Å². The number of benzene rings is 1. The normalized spacial score (nSPS) is 9.23. The van der Waals surface area contributed by atoms with Crippen LogP contribution in [0.2, 0.25) is 0 Å². The van der Waals surface area contributed by atoms with E-state index in [2.05, 4.69) is 0 Å². The van der Waals surface area contributed by atoms with Gasteiger partial charge in [0.05, 0.1) is 12.2 Å². The van der Waals surface area contributed by atoms with Gasteiger partial charge in [-0.1, -0.05) is 0 Å². The summed E-state index contributed by atoms with van der Waals surface area (Å²) >= 11 is 0. The SMILES string of the molecule is CCOc1c(C#N)ccc(O)c1O. The Morgan fingerprint density at radius 2 is 2.15 bits per heavy atom. The first kappa shape index (κ1) is 9.20. The standard InChI is InChI=1S/C9H9NO3/c1-2-13-9-6(5-10)3-4-7(11)8(9)12/h3-4,11-12H,2H2,1H3. The van der Waals surface area contributed by atoms with Crippen LogP contribution in [0.5, 0.6) is 17.2 Å². The number of nitriles is 1. The average Bonchev–Trinajstić information content (AvgIpc) is 2.14. The van der Waals surface area contributed by atoms with Crippen molar-refractivity contribution in [1.29, 1.82) is 5.26 Å². The molecule has 0 amide bonds. The van der Waals surface area contributed by atoms with Gasteiger partial charge < -0.3 is 14.9 Å². The molecule has 0 unspecified atom stereocenters. The van der Waals surface area contributed by atoms with Crippen LogP contribution in [0.3, 0.4) is 0 Å². The summed E-state index contributed by atoms with van der Waals surface area (Å²) in [6.07, 6.45) is 0. The van der Waals surface area contributed by atoms with E-state index in [9.17, 15) is 5.11 Å². The van der Waals surface area contributed by atoms with Crippen molar-refractivity contribution in [2.24, 2.45) is 0 Å². The predicted octanol–water partition coefficient (Wildman–Crippen LogP) is 1.37. The third-order valence-electron chi connectivity index (χ3n) is 1.52. The van der Waals surface area contributed by atoms with E-state index in [-0.39, 0.29) is 22.8 Å². The molecule has 0 spiro atoms. The second-order valence-electron chi connectivity index (χ2n) is 2.35. The van der Waals surface area contributed by atoms with Gasteiger partial charge in [0.15, 0.2) is 11.5 Å². The molecule has 4 nitrogen and oxygen atoms in total. The molecule has 1 aromatic carbocycles. The highest BCUT2D eigenvalue weighted by atomic mass is 16.5. The average molecular weight is 179 g/mol. The van der Waals surface area contributed by atoms with Crippen molar-refractivity contribution in [3.05, 3.63) is 17.7 Å². The van der Waals surface area contributed by atoms with Crippen molar-refractivity contribution in [3.63, 3.8) is 0 Å². The van der Waals surface area contributed by atoms with E-state index in [1.165, 1.54) is 12.1 Å². The summed E-state index contributed by atoms with van der Waals surface area (Å²) in [6.45, 7) is 2.05. The van der Waals surface area contributed by atoms with E-state index < -0.39 is 0 Å². The molecule has 0 radical (unpaired) electrons. The fourth-order valence-corrected chi connectivity index (χ4v) is 0.939. The second-order valence-corrected chi connectivity index (χ2v) is 2.35. The molecule has 13 heavy (non-hydrogen) atoms. The minimum Gasteiger partial charge on any atom is -0.504 e. The largest absolute Gasteiger partial charge is 0.504 e. The summed E-state index contributed by atoms with van der Waals surface area (Å²) in [5.41, 5.74) is 0.206. The van der Waals surface area contributed by atoms with E-state index in [0.717, 1.165) is 0 Å². The highest BCUT2D eigenvalue weighted by Gasteiger charge is 2.12. The molecule has 0 aliphatic carbocycles. The fraction of sp³-hybridized carbons (Fsp3) is 0.222. The van der Waals surface area contributed by atoms with Crippen LogP contribution in [-0.2, 0) is 0 Å². The monoisotopic (exact) mass is 179 g/mol. The molecule has 1 rings (SSSR count). The summed E-state index contributed by atoms with van der Waals surface area (Å²) in [5.74, 6) is -0.645. The number of rotatable bonds is 2. The van der Waals surface area contributed by atoms with E-state index in [1.807, 2.05) is 6.07 Å². The predicted molar refractivity (Wildman–Crippen MR) is 45.7 cm³/mol. The number of ether oxygens (including phenoxy) is 1. The molecule has 0 heterocycles. The molecule has 0 fully saturated rings. The summed E-state index contributed by atoms with van der Waals surface area (Å²) in [7, 11) is 0. The van der Waals surface area contributed by atoms with Crippen molar-refractivity contribution in [2.75, 3.05) is 6.61 Å². The molecule has 0 saturated heterocycles. The van der Waals surface area contributed by atoms with Crippen molar-refractivity contribution in [3.8, 4) is 23.3 Å². The van der Waals surface area contributed by atoms with Crippen molar-refractivity contribution >= 4 is 0 Å². The smallest absolute Gasteiger partial charge is 0.201 e. The zero-order chi connectivity index (χ0) is 9.84. The quantitative estimate of drug-likeness (QED) is 0.672. The highest BCUT2D eigenvalue weighted by molar-refractivity contribution is 5.58. The minimum absolute atomic E-state index is 0.0324. The molecule has 0 aromatic heterocycles. The first-order valence-corrected chi connectivity index (χ1v) is 3.78. The Morgan fingerprint density at radius 3 is 2.69 bits per heavy atom. The molecular formula is C9H9NO3. The maximum atomic E-state index is 9.31. The van der Waals surface area contributed by atoms with Gasteiger partial charge in [-0.15, -0.1) is 0 Å².